The van der Waals surface area contributed by atoms with Crippen LogP contribution in [0.2, 0.25) is 0 Å². The van der Waals surface area contributed by atoms with Crippen molar-refractivity contribution in [2.45, 2.75) is 70.8 Å². The molecule has 1 fully saturated rings. The third kappa shape index (κ3) is 7.22. The molecule has 0 N–H and O–H groups in total. The van der Waals surface area contributed by atoms with E-state index in [4.69, 9.17) is 0 Å². The molecule has 0 heterocycles. The molecule has 2 aromatic rings. The van der Waals surface area contributed by atoms with Crippen molar-refractivity contribution in [3.05, 3.63) is 58.7 Å². The number of benzene rings is 2. The van der Waals surface area contributed by atoms with E-state index >= 15 is 0 Å². The van der Waals surface area contributed by atoms with E-state index in [2.05, 4.69) is 16.4 Å². The molecule has 1 aliphatic carbocycles. The zero-order valence-electron chi connectivity index (χ0n) is 19.3. The van der Waals surface area contributed by atoms with Gasteiger partial charge in [0, 0.05) is 12.1 Å². The van der Waals surface area contributed by atoms with Gasteiger partial charge in [-0.25, -0.2) is 17.6 Å². The van der Waals surface area contributed by atoms with E-state index in [-0.39, 0.29) is 24.1 Å². The summed E-state index contributed by atoms with van der Waals surface area (Å²) in [4.78, 5) is 0. The van der Waals surface area contributed by atoms with Gasteiger partial charge in [-0.15, -0.1) is 13.2 Å². The van der Waals surface area contributed by atoms with Crippen LogP contribution in [-0.2, 0) is 12.5 Å². The van der Waals surface area contributed by atoms with Gasteiger partial charge in [-0.1, -0.05) is 45.4 Å². The van der Waals surface area contributed by atoms with Crippen LogP contribution in [0.5, 0.6) is 11.5 Å². The van der Waals surface area contributed by atoms with Gasteiger partial charge in [-0.2, -0.15) is 8.78 Å². The number of ether oxygens (including phenoxy) is 2. The van der Waals surface area contributed by atoms with Crippen LogP contribution in [0.15, 0.2) is 24.3 Å². The molecule has 0 bridgehead atoms. The maximum absolute atomic E-state index is 14.5. The molecule has 0 saturated heterocycles. The van der Waals surface area contributed by atoms with Gasteiger partial charge in [0.05, 0.1) is 0 Å². The second kappa shape index (κ2) is 11.2. The summed E-state index contributed by atoms with van der Waals surface area (Å²) in [6.07, 6.45) is -2.77. The van der Waals surface area contributed by atoms with Gasteiger partial charge in [0.25, 0.3) is 0 Å². The van der Waals surface area contributed by atoms with Crippen molar-refractivity contribution in [2.75, 3.05) is 0 Å². The molecule has 0 amide bonds. The van der Waals surface area contributed by atoms with Crippen molar-refractivity contribution in [3.63, 3.8) is 0 Å². The lowest BCUT2D eigenvalue weighted by Gasteiger charge is -2.28. The Balaban J connectivity index is 1.70. The first kappa shape index (κ1) is 28.0. The Morgan fingerprint density at radius 2 is 1.22 bits per heavy atom. The molecule has 0 atom stereocenters. The lowest BCUT2D eigenvalue weighted by Crippen LogP contribution is -2.26. The number of hydrogen-bond acceptors (Lipinski definition) is 2. The standard InChI is InChI=1S/C25H25F9O2/c1-2-3-14-4-6-15(7-5-14)8-9-16-10-18(26)22(19(27)11-16)24(30,31)35-17-12-20(28)23(21(29)13-17)36-25(32,33)34/h10-15H,2-9H2,1H3. The average Bonchev–Trinajstić information content (AvgIpc) is 2.74. The zero-order valence-corrected chi connectivity index (χ0v) is 19.3. The van der Waals surface area contributed by atoms with E-state index in [1.165, 1.54) is 6.42 Å². The molecule has 11 heteroatoms. The summed E-state index contributed by atoms with van der Waals surface area (Å²) in [6.45, 7) is 2.13. The summed E-state index contributed by atoms with van der Waals surface area (Å²) in [5, 5.41) is 0. The van der Waals surface area contributed by atoms with Crippen LogP contribution >= 0.6 is 0 Å². The van der Waals surface area contributed by atoms with Crippen LogP contribution in [0.3, 0.4) is 0 Å². The van der Waals surface area contributed by atoms with Gasteiger partial charge in [0.15, 0.2) is 11.6 Å². The topological polar surface area (TPSA) is 18.5 Å². The second-order valence-corrected chi connectivity index (χ2v) is 9.03. The van der Waals surface area contributed by atoms with Gasteiger partial charge < -0.3 is 9.47 Å². The fourth-order valence-electron chi connectivity index (χ4n) is 4.64. The molecule has 200 valence electrons. The first-order chi connectivity index (χ1) is 16.8. The Hall–Kier alpha value is -2.59. The maximum Gasteiger partial charge on any atom is 0.573 e. The SMILES string of the molecule is CCCC1CCC(CCc2cc(F)c(C(F)(F)Oc3cc(F)c(OC(F)(F)F)c(F)c3)c(F)c2)CC1. The Kier molecular flexibility index (Phi) is 8.71. The summed E-state index contributed by atoms with van der Waals surface area (Å²) >= 11 is 0. The van der Waals surface area contributed by atoms with E-state index in [1.807, 2.05) is 0 Å². The largest absolute Gasteiger partial charge is 0.573 e. The van der Waals surface area contributed by atoms with Gasteiger partial charge in [-0.05, 0) is 42.4 Å². The quantitative estimate of drug-likeness (QED) is 0.303. The van der Waals surface area contributed by atoms with Crippen molar-refractivity contribution in [2.24, 2.45) is 11.8 Å². The molecular weight excluding hydrogens is 503 g/mol. The predicted octanol–water partition coefficient (Wildman–Crippen LogP) is 8.81. The molecule has 36 heavy (non-hydrogen) atoms. The smallest absolute Gasteiger partial charge is 0.429 e. The zero-order chi connectivity index (χ0) is 26.7. The number of rotatable bonds is 9. The lowest BCUT2D eigenvalue weighted by atomic mass is 9.78. The molecule has 1 aliphatic rings. The van der Waals surface area contributed by atoms with Gasteiger partial charge in [0.1, 0.15) is 22.9 Å². The minimum Gasteiger partial charge on any atom is -0.429 e. The van der Waals surface area contributed by atoms with Gasteiger partial charge in [0.2, 0.25) is 5.75 Å². The van der Waals surface area contributed by atoms with E-state index in [9.17, 15) is 39.5 Å². The van der Waals surface area contributed by atoms with E-state index in [0.29, 0.717) is 18.3 Å². The van der Waals surface area contributed by atoms with Crippen LogP contribution in [-0.4, -0.2) is 6.36 Å². The second-order valence-electron chi connectivity index (χ2n) is 9.03. The minimum absolute atomic E-state index is 0.0164. The minimum atomic E-state index is -5.45. The molecule has 0 aliphatic heterocycles. The summed E-state index contributed by atoms with van der Waals surface area (Å²) in [6, 6.07) is 1.47. The molecule has 0 unspecified atom stereocenters. The van der Waals surface area contributed by atoms with Crippen LogP contribution in [0.4, 0.5) is 39.5 Å². The van der Waals surface area contributed by atoms with Crippen LogP contribution in [0.25, 0.3) is 0 Å². The molecule has 2 nitrogen and oxygen atoms in total. The summed E-state index contributed by atoms with van der Waals surface area (Å²) in [5.41, 5.74) is -1.62. The Morgan fingerprint density at radius 3 is 1.69 bits per heavy atom. The number of halogens is 9. The van der Waals surface area contributed by atoms with Gasteiger partial charge in [-0.3, -0.25) is 0 Å². The van der Waals surface area contributed by atoms with Crippen LogP contribution in [0, 0.1) is 35.1 Å². The summed E-state index contributed by atoms with van der Waals surface area (Å²) in [7, 11) is 0. The highest BCUT2D eigenvalue weighted by molar-refractivity contribution is 5.36. The van der Waals surface area contributed by atoms with Crippen molar-refractivity contribution in [1.82, 2.24) is 0 Å². The van der Waals surface area contributed by atoms with Crippen LogP contribution < -0.4 is 9.47 Å². The number of aryl methyl sites for hydroxylation is 1. The van der Waals surface area contributed by atoms with Crippen molar-refractivity contribution < 1.29 is 49.0 Å². The fraction of sp³-hybridized carbons (Fsp3) is 0.520. The fourth-order valence-corrected chi connectivity index (χ4v) is 4.64. The molecule has 0 aromatic heterocycles. The van der Waals surface area contributed by atoms with Crippen molar-refractivity contribution in [3.8, 4) is 11.5 Å². The van der Waals surface area contributed by atoms with E-state index in [1.54, 1.807) is 0 Å². The normalized spacial score (nSPS) is 18.8. The Morgan fingerprint density at radius 1 is 0.722 bits per heavy atom. The number of alkyl halides is 5. The molecule has 3 rings (SSSR count). The molecule has 1 saturated carbocycles. The highest BCUT2D eigenvalue weighted by Gasteiger charge is 2.42. The monoisotopic (exact) mass is 528 g/mol. The van der Waals surface area contributed by atoms with Crippen molar-refractivity contribution >= 4 is 0 Å². The molecule has 2 aromatic carbocycles. The van der Waals surface area contributed by atoms with Gasteiger partial charge >= 0.3 is 12.5 Å². The summed E-state index contributed by atoms with van der Waals surface area (Å²) < 4.78 is 130. The third-order valence-electron chi connectivity index (χ3n) is 6.33. The highest BCUT2D eigenvalue weighted by atomic mass is 19.4. The van der Waals surface area contributed by atoms with Crippen molar-refractivity contribution in [1.29, 1.82) is 0 Å². The predicted molar refractivity (Wildman–Crippen MR) is 113 cm³/mol. The maximum atomic E-state index is 14.5. The Bertz CT molecular complexity index is 998. The van der Waals surface area contributed by atoms with E-state index in [0.717, 1.165) is 44.2 Å². The lowest BCUT2D eigenvalue weighted by molar-refractivity contribution is -0.276. The average molecular weight is 528 g/mol. The number of hydrogen-bond donors (Lipinski definition) is 0. The highest BCUT2D eigenvalue weighted by Crippen LogP contribution is 2.39. The first-order valence-corrected chi connectivity index (χ1v) is 11.6. The Labute approximate surface area is 202 Å². The molecular formula is C25H25F9O2. The summed E-state index contributed by atoms with van der Waals surface area (Å²) in [5.74, 6) is -9.37. The van der Waals surface area contributed by atoms with E-state index < -0.39 is 52.8 Å². The van der Waals surface area contributed by atoms with Crippen LogP contribution in [0.1, 0.15) is 63.0 Å². The molecule has 0 radical (unpaired) electrons. The third-order valence-corrected chi connectivity index (χ3v) is 6.33. The molecule has 0 spiro atoms. The first-order valence-electron chi connectivity index (χ1n) is 11.6.